The number of carbonyl (C=O) groups excluding carboxylic acids is 1. The van der Waals surface area contributed by atoms with Gasteiger partial charge in [-0.05, 0) is 35.6 Å². The Morgan fingerprint density at radius 1 is 1.15 bits per heavy atom. The van der Waals surface area contributed by atoms with Crippen LogP contribution in [-0.2, 0) is 11.2 Å². The van der Waals surface area contributed by atoms with E-state index in [1.807, 2.05) is 49.4 Å². The van der Waals surface area contributed by atoms with Crippen LogP contribution in [0.3, 0.4) is 0 Å². The summed E-state index contributed by atoms with van der Waals surface area (Å²) in [7, 11) is 0. The zero-order valence-corrected chi connectivity index (χ0v) is 16.5. The Kier molecular flexibility index (Phi) is 6.19. The van der Waals surface area contributed by atoms with Gasteiger partial charge in [-0.2, -0.15) is 0 Å². The Hall–Kier alpha value is -2.73. The van der Waals surface area contributed by atoms with E-state index in [9.17, 15) is 4.79 Å². The number of carbonyl (C=O) groups is 1. The molecule has 1 amide bonds. The number of amides is 1. The maximum absolute atomic E-state index is 12.2. The third kappa shape index (κ3) is 5.37. The summed E-state index contributed by atoms with van der Waals surface area (Å²) < 4.78 is 5.76. The fourth-order valence-electron chi connectivity index (χ4n) is 2.69. The Bertz CT molecular complexity index is 907. The van der Waals surface area contributed by atoms with Crippen molar-refractivity contribution in [3.8, 4) is 5.75 Å². The highest BCUT2D eigenvalue weighted by atomic mass is 32.1. The van der Waals surface area contributed by atoms with Crippen molar-refractivity contribution in [1.82, 2.24) is 10.2 Å². The Labute approximate surface area is 163 Å². The van der Waals surface area contributed by atoms with Gasteiger partial charge in [0.25, 0.3) is 5.91 Å². The molecule has 3 rings (SSSR count). The maximum Gasteiger partial charge on any atom is 0.264 e. The third-order valence-electron chi connectivity index (χ3n) is 4.06. The molecule has 1 heterocycles. The summed E-state index contributed by atoms with van der Waals surface area (Å²) in [6.07, 6.45) is 0.700. The molecule has 1 aromatic heterocycles. The van der Waals surface area contributed by atoms with Crippen LogP contribution in [0.4, 0.5) is 5.13 Å². The molecule has 6 heteroatoms. The number of aryl methyl sites for hydroxylation is 1. The molecule has 0 radical (unpaired) electrons. The smallest absolute Gasteiger partial charge is 0.264 e. The first-order valence-corrected chi connectivity index (χ1v) is 9.72. The molecule has 0 saturated carbocycles. The fraction of sp³-hybridized carbons (Fsp3) is 0.286. The van der Waals surface area contributed by atoms with Gasteiger partial charge in [0.15, 0.2) is 6.61 Å². The number of hydrogen-bond donors (Lipinski definition) is 1. The third-order valence-corrected chi connectivity index (χ3v) is 4.90. The predicted molar refractivity (Wildman–Crippen MR) is 109 cm³/mol. The lowest BCUT2D eigenvalue weighted by Crippen LogP contribution is -2.20. The second-order valence-corrected chi connectivity index (χ2v) is 7.76. The van der Waals surface area contributed by atoms with Crippen molar-refractivity contribution < 1.29 is 9.53 Å². The van der Waals surface area contributed by atoms with E-state index in [2.05, 4.69) is 35.4 Å². The number of anilines is 1. The van der Waals surface area contributed by atoms with E-state index in [0.717, 1.165) is 27.4 Å². The molecule has 0 saturated heterocycles. The molecular weight excluding hydrogens is 358 g/mol. The van der Waals surface area contributed by atoms with Crippen LogP contribution in [-0.4, -0.2) is 22.7 Å². The van der Waals surface area contributed by atoms with Crippen molar-refractivity contribution in [3.63, 3.8) is 0 Å². The molecule has 2 aromatic carbocycles. The minimum atomic E-state index is -0.242. The summed E-state index contributed by atoms with van der Waals surface area (Å²) >= 11 is 1.38. The molecule has 0 fully saturated rings. The van der Waals surface area contributed by atoms with Crippen LogP contribution < -0.4 is 10.1 Å². The van der Waals surface area contributed by atoms with Gasteiger partial charge in [0.1, 0.15) is 10.8 Å². The van der Waals surface area contributed by atoms with Gasteiger partial charge >= 0.3 is 0 Å². The lowest BCUT2D eigenvalue weighted by molar-refractivity contribution is -0.118. The molecule has 140 valence electrons. The summed E-state index contributed by atoms with van der Waals surface area (Å²) in [6, 6.07) is 16.1. The maximum atomic E-state index is 12.2. The molecule has 0 aliphatic rings. The number of hydrogen-bond acceptors (Lipinski definition) is 5. The largest absolute Gasteiger partial charge is 0.483 e. The molecule has 0 atom stereocenters. The zero-order chi connectivity index (χ0) is 19.2. The van der Waals surface area contributed by atoms with Crippen LogP contribution in [0.1, 0.15) is 41.5 Å². The molecule has 3 aromatic rings. The van der Waals surface area contributed by atoms with Gasteiger partial charge in [-0.25, -0.2) is 0 Å². The molecule has 0 bridgehead atoms. The monoisotopic (exact) mass is 381 g/mol. The van der Waals surface area contributed by atoms with E-state index in [1.165, 1.54) is 11.3 Å². The summed E-state index contributed by atoms with van der Waals surface area (Å²) in [6.45, 7) is 6.16. The number of rotatable bonds is 7. The molecule has 0 aliphatic heterocycles. The van der Waals surface area contributed by atoms with Crippen molar-refractivity contribution in [3.05, 3.63) is 70.2 Å². The minimum Gasteiger partial charge on any atom is -0.483 e. The number of aromatic nitrogens is 2. The average molecular weight is 382 g/mol. The number of nitrogens with zero attached hydrogens (tertiary/aromatic N) is 2. The van der Waals surface area contributed by atoms with Gasteiger partial charge in [0, 0.05) is 6.42 Å². The Morgan fingerprint density at radius 3 is 2.67 bits per heavy atom. The van der Waals surface area contributed by atoms with Gasteiger partial charge in [-0.1, -0.05) is 67.6 Å². The van der Waals surface area contributed by atoms with Gasteiger partial charge in [-0.15, -0.1) is 10.2 Å². The van der Waals surface area contributed by atoms with Gasteiger partial charge in [0.05, 0.1) is 0 Å². The summed E-state index contributed by atoms with van der Waals surface area (Å²) in [5, 5.41) is 12.3. The van der Waals surface area contributed by atoms with E-state index >= 15 is 0 Å². The van der Waals surface area contributed by atoms with E-state index in [0.29, 0.717) is 17.5 Å². The van der Waals surface area contributed by atoms with Crippen LogP contribution in [0.25, 0.3) is 0 Å². The zero-order valence-electron chi connectivity index (χ0n) is 15.7. The fourth-order valence-corrected chi connectivity index (χ4v) is 3.48. The van der Waals surface area contributed by atoms with Gasteiger partial charge in [-0.3, -0.25) is 10.1 Å². The second kappa shape index (κ2) is 8.77. The van der Waals surface area contributed by atoms with Crippen LogP contribution in [0.5, 0.6) is 5.75 Å². The molecule has 27 heavy (non-hydrogen) atoms. The van der Waals surface area contributed by atoms with E-state index in [1.54, 1.807) is 0 Å². The van der Waals surface area contributed by atoms with E-state index in [4.69, 9.17) is 4.74 Å². The Balaban J connectivity index is 1.57. The molecule has 5 nitrogen and oxygen atoms in total. The van der Waals surface area contributed by atoms with Crippen molar-refractivity contribution in [1.29, 1.82) is 0 Å². The topological polar surface area (TPSA) is 64.1 Å². The van der Waals surface area contributed by atoms with Crippen LogP contribution >= 0.6 is 11.3 Å². The molecule has 0 aliphatic carbocycles. The van der Waals surface area contributed by atoms with Crippen LogP contribution in [0, 0.1) is 6.92 Å². The van der Waals surface area contributed by atoms with E-state index < -0.39 is 0 Å². The molecular formula is C21H23N3O2S. The first-order valence-electron chi connectivity index (χ1n) is 8.91. The first kappa shape index (κ1) is 19.0. The Morgan fingerprint density at radius 2 is 1.93 bits per heavy atom. The summed E-state index contributed by atoms with van der Waals surface area (Å²) in [4.78, 5) is 12.2. The lowest BCUT2D eigenvalue weighted by atomic mass is 10.0. The van der Waals surface area contributed by atoms with Crippen molar-refractivity contribution in [2.45, 2.75) is 33.1 Å². The highest BCUT2D eigenvalue weighted by molar-refractivity contribution is 7.15. The lowest BCUT2D eigenvalue weighted by Gasteiger charge is -2.14. The number of benzene rings is 2. The highest BCUT2D eigenvalue weighted by Gasteiger charge is 2.12. The minimum absolute atomic E-state index is 0.0588. The highest BCUT2D eigenvalue weighted by Crippen LogP contribution is 2.27. The average Bonchev–Trinajstić information content (AvgIpc) is 3.07. The normalized spacial score (nSPS) is 10.8. The molecule has 0 spiro atoms. The van der Waals surface area contributed by atoms with E-state index in [-0.39, 0.29) is 12.5 Å². The van der Waals surface area contributed by atoms with Crippen LogP contribution in [0.15, 0.2) is 48.5 Å². The standard InChI is InChI=1S/C21H23N3O2S/c1-14(2)17-10-9-15(3)11-18(17)26-13-19(25)22-21-24-23-20(27-21)12-16-7-5-4-6-8-16/h4-11,14H,12-13H2,1-3H3,(H,22,24,25). The number of nitrogens with one attached hydrogen (secondary N) is 1. The first-order chi connectivity index (χ1) is 13.0. The van der Waals surface area contributed by atoms with Crippen molar-refractivity contribution >= 4 is 22.4 Å². The molecule has 0 unspecified atom stereocenters. The second-order valence-electron chi connectivity index (χ2n) is 6.70. The van der Waals surface area contributed by atoms with Crippen molar-refractivity contribution in [2.75, 3.05) is 11.9 Å². The SMILES string of the molecule is Cc1ccc(C(C)C)c(OCC(=O)Nc2nnc(Cc3ccccc3)s2)c1. The summed E-state index contributed by atoms with van der Waals surface area (Å²) in [5.74, 6) is 0.836. The van der Waals surface area contributed by atoms with Crippen LogP contribution in [0.2, 0.25) is 0 Å². The van der Waals surface area contributed by atoms with Gasteiger partial charge in [0.2, 0.25) is 5.13 Å². The predicted octanol–water partition coefficient (Wildman–Crippen LogP) is 4.58. The quantitative estimate of drug-likeness (QED) is 0.651. The van der Waals surface area contributed by atoms with Crippen molar-refractivity contribution in [2.24, 2.45) is 0 Å². The summed E-state index contributed by atoms with van der Waals surface area (Å²) in [5.41, 5.74) is 3.36. The number of ether oxygens (including phenoxy) is 1. The van der Waals surface area contributed by atoms with Gasteiger partial charge < -0.3 is 4.74 Å². The molecule has 1 N–H and O–H groups in total.